The van der Waals surface area contributed by atoms with E-state index in [0.29, 0.717) is 12.0 Å². The van der Waals surface area contributed by atoms with E-state index in [1.54, 1.807) is 7.11 Å². The van der Waals surface area contributed by atoms with Gasteiger partial charge in [0.2, 0.25) is 0 Å². The summed E-state index contributed by atoms with van der Waals surface area (Å²) in [5, 5.41) is 0. The molecule has 0 N–H and O–H groups in total. The summed E-state index contributed by atoms with van der Waals surface area (Å²) < 4.78 is 5.75. The fraction of sp³-hybridized carbons (Fsp3) is 0.480. The van der Waals surface area contributed by atoms with Gasteiger partial charge in [0, 0.05) is 35.3 Å². The lowest BCUT2D eigenvalue weighted by Gasteiger charge is -2.37. The molecule has 0 spiro atoms. The molecule has 0 saturated carbocycles. The Balaban J connectivity index is 0.00000256. The Morgan fingerprint density at radius 2 is 1.80 bits per heavy atom. The monoisotopic (exact) mass is 428 g/mol. The third-order valence-corrected chi connectivity index (χ3v) is 6.41. The van der Waals surface area contributed by atoms with Crippen LogP contribution in [-0.2, 0) is 6.42 Å². The van der Waals surface area contributed by atoms with Gasteiger partial charge in [-0.25, -0.2) is 0 Å². The van der Waals surface area contributed by atoms with Crippen LogP contribution in [0.3, 0.4) is 0 Å². The Kier molecular flexibility index (Phi) is 7.43. The molecule has 30 heavy (non-hydrogen) atoms. The van der Waals surface area contributed by atoms with Crippen LogP contribution >= 0.6 is 12.4 Å². The van der Waals surface area contributed by atoms with Crippen LogP contribution in [0.25, 0.3) is 0 Å². The van der Waals surface area contributed by atoms with Gasteiger partial charge < -0.3 is 14.5 Å². The second-order valence-electron chi connectivity index (χ2n) is 8.29. The molecule has 4 nitrogen and oxygen atoms in total. The van der Waals surface area contributed by atoms with Crippen LogP contribution in [-0.4, -0.2) is 43.6 Å². The highest BCUT2D eigenvalue weighted by molar-refractivity contribution is 6.07. The minimum Gasteiger partial charge on any atom is -0.496 e. The minimum atomic E-state index is 0. The van der Waals surface area contributed by atoms with E-state index in [-0.39, 0.29) is 18.3 Å². The number of ether oxygens (including phenoxy) is 1. The number of nitrogens with zero attached hydrogens (tertiary/aromatic N) is 2. The second-order valence-corrected chi connectivity index (χ2v) is 8.29. The van der Waals surface area contributed by atoms with E-state index in [0.717, 1.165) is 49.5 Å². The van der Waals surface area contributed by atoms with Gasteiger partial charge in [-0.15, -0.1) is 12.4 Å². The summed E-state index contributed by atoms with van der Waals surface area (Å²) in [6.45, 7) is 7.55. The van der Waals surface area contributed by atoms with Crippen molar-refractivity contribution in [3.63, 3.8) is 0 Å². The summed E-state index contributed by atoms with van der Waals surface area (Å²) in [6, 6.07) is 14.3. The maximum atomic E-state index is 13.3. The molecular formula is C25H33ClN2O2. The van der Waals surface area contributed by atoms with Gasteiger partial charge in [0.25, 0.3) is 5.91 Å². The summed E-state index contributed by atoms with van der Waals surface area (Å²) >= 11 is 0. The lowest BCUT2D eigenvalue weighted by atomic mass is 9.80. The average Bonchev–Trinajstić information content (AvgIpc) is 3.13. The number of hydrogen-bond donors (Lipinski definition) is 0. The molecule has 1 heterocycles. The number of hydrogen-bond acceptors (Lipinski definition) is 3. The summed E-state index contributed by atoms with van der Waals surface area (Å²) in [6.07, 6.45) is 4.47. The summed E-state index contributed by atoms with van der Waals surface area (Å²) in [7, 11) is 1.76. The Morgan fingerprint density at radius 1 is 1.10 bits per heavy atom. The number of rotatable bonds is 7. The molecule has 162 valence electrons. The minimum absolute atomic E-state index is 0. The Labute approximate surface area is 186 Å². The highest BCUT2D eigenvalue weighted by Crippen LogP contribution is 2.48. The average molecular weight is 429 g/mol. The molecule has 0 saturated heterocycles. The fourth-order valence-electron chi connectivity index (χ4n) is 5.23. The highest BCUT2D eigenvalue weighted by Gasteiger charge is 2.41. The van der Waals surface area contributed by atoms with Crippen molar-refractivity contribution in [3.8, 4) is 5.75 Å². The van der Waals surface area contributed by atoms with Gasteiger partial charge >= 0.3 is 0 Å². The summed E-state index contributed by atoms with van der Waals surface area (Å²) in [4.78, 5) is 17.9. The van der Waals surface area contributed by atoms with Crippen molar-refractivity contribution in [2.75, 3.05) is 31.6 Å². The lowest BCUT2D eigenvalue weighted by Crippen LogP contribution is -2.41. The van der Waals surface area contributed by atoms with Gasteiger partial charge in [-0.3, -0.25) is 4.79 Å². The van der Waals surface area contributed by atoms with E-state index in [2.05, 4.69) is 24.8 Å². The number of amides is 1. The van der Waals surface area contributed by atoms with Gasteiger partial charge in [0.15, 0.2) is 0 Å². The quantitative estimate of drug-likeness (QED) is 0.600. The van der Waals surface area contributed by atoms with E-state index >= 15 is 0 Å². The van der Waals surface area contributed by atoms with Crippen LogP contribution in [0.4, 0.5) is 5.69 Å². The third kappa shape index (κ3) is 4.08. The Hall–Kier alpha value is -2.04. The van der Waals surface area contributed by atoms with E-state index in [9.17, 15) is 4.79 Å². The maximum Gasteiger partial charge on any atom is 0.258 e. The lowest BCUT2D eigenvalue weighted by molar-refractivity contribution is 0.0986. The van der Waals surface area contributed by atoms with Crippen molar-refractivity contribution in [2.45, 2.75) is 51.5 Å². The first-order chi connectivity index (χ1) is 14.2. The standard InChI is InChI=1S/C25H32N2O2.ClH/c1-4-13-26(14-5-2)20-15-19-17-27(25(28)18-9-7-6-8-10-18)22-11-12-23(29-3)21(16-20)24(19)22;/h6-12,19-20H,4-5,13-17H2,1-3H3;1H/t19-,20-;/m0./s1. The zero-order valence-corrected chi connectivity index (χ0v) is 19.1. The van der Waals surface area contributed by atoms with Gasteiger partial charge in [-0.1, -0.05) is 32.0 Å². The summed E-state index contributed by atoms with van der Waals surface area (Å²) in [5.74, 6) is 1.46. The van der Waals surface area contributed by atoms with E-state index in [4.69, 9.17) is 4.74 Å². The van der Waals surface area contributed by atoms with E-state index < -0.39 is 0 Å². The zero-order valence-electron chi connectivity index (χ0n) is 18.3. The molecule has 5 heteroatoms. The van der Waals surface area contributed by atoms with Crippen molar-refractivity contribution in [3.05, 3.63) is 59.2 Å². The van der Waals surface area contributed by atoms with Crippen molar-refractivity contribution in [1.29, 1.82) is 0 Å². The molecule has 1 amide bonds. The van der Waals surface area contributed by atoms with Gasteiger partial charge in [0.05, 0.1) is 7.11 Å². The topological polar surface area (TPSA) is 32.8 Å². The third-order valence-electron chi connectivity index (χ3n) is 6.41. The van der Waals surface area contributed by atoms with Gasteiger partial charge in [-0.05, 0) is 68.6 Å². The van der Waals surface area contributed by atoms with Crippen molar-refractivity contribution in [2.24, 2.45) is 0 Å². The molecule has 2 aromatic carbocycles. The fourth-order valence-corrected chi connectivity index (χ4v) is 5.23. The van der Waals surface area contributed by atoms with Gasteiger partial charge in [-0.2, -0.15) is 0 Å². The van der Waals surface area contributed by atoms with Crippen LogP contribution in [0.5, 0.6) is 5.75 Å². The van der Waals surface area contributed by atoms with Crippen LogP contribution in [0, 0.1) is 0 Å². The molecule has 0 radical (unpaired) electrons. The van der Waals surface area contributed by atoms with Gasteiger partial charge in [0.1, 0.15) is 5.75 Å². The molecule has 1 aliphatic carbocycles. The molecule has 2 aromatic rings. The Bertz CT molecular complexity index is 865. The molecule has 1 aliphatic heterocycles. The molecule has 0 aromatic heterocycles. The van der Waals surface area contributed by atoms with Crippen molar-refractivity contribution >= 4 is 24.0 Å². The molecule has 2 atom stereocenters. The number of carbonyl (C=O) groups is 1. The smallest absolute Gasteiger partial charge is 0.258 e. The molecule has 0 fully saturated rings. The first-order valence-electron chi connectivity index (χ1n) is 11.0. The molecule has 0 unspecified atom stereocenters. The highest BCUT2D eigenvalue weighted by atomic mass is 35.5. The predicted octanol–water partition coefficient (Wildman–Crippen LogP) is 5.30. The number of methoxy groups -OCH3 is 1. The molecule has 4 rings (SSSR count). The first kappa shape index (κ1) is 22.6. The van der Waals surface area contributed by atoms with Crippen molar-refractivity contribution in [1.82, 2.24) is 4.90 Å². The molecule has 0 bridgehead atoms. The van der Waals surface area contributed by atoms with E-state index in [1.165, 1.54) is 24.0 Å². The zero-order chi connectivity index (χ0) is 20.4. The largest absolute Gasteiger partial charge is 0.496 e. The number of benzene rings is 2. The normalized spacial score (nSPS) is 19.4. The Morgan fingerprint density at radius 3 is 2.43 bits per heavy atom. The maximum absolute atomic E-state index is 13.3. The SMILES string of the molecule is CCCN(CCC)[C@@H]1Cc2c(OC)ccc3c2[C@@H](C1)CN3C(=O)c1ccccc1.Cl. The van der Waals surface area contributed by atoms with Crippen LogP contribution in [0.1, 0.15) is 60.5 Å². The number of halogens is 1. The van der Waals surface area contributed by atoms with Crippen LogP contribution < -0.4 is 9.64 Å². The molecule has 2 aliphatic rings. The van der Waals surface area contributed by atoms with Crippen LogP contribution in [0.2, 0.25) is 0 Å². The van der Waals surface area contributed by atoms with Crippen LogP contribution in [0.15, 0.2) is 42.5 Å². The van der Waals surface area contributed by atoms with E-state index in [1.807, 2.05) is 41.3 Å². The predicted molar refractivity (Wildman–Crippen MR) is 125 cm³/mol. The summed E-state index contributed by atoms with van der Waals surface area (Å²) in [5.41, 5.74) is 4.49. The first-order valence-corrected chi connectivity index (χ1v) is 11.0. The molecular weight excluding hydrogens is 396 g/mol. The number of anilines is 1. The number of carbonyl (C=O) groups excluding carboxylic acids is 1. The van der Waals surface area contributed by atoms with Crippen molar-refractivity contribution < 1.29 is 9.53 Å². The second kappa shape index (κ2) is 9.84.